The van der Waals surface area contributed by atoms with Crippen LogP contribution in [0.5, 0.6) is 5.75 Å². The van der Waals surface area contributed by atoms with Gasteiger partial charge in [0.25, 0.3) is 0 Å². The van der Waals surface area contributed by atoms with E-state index in [0.29, 0.717) is 89.6 Å². The Morgan fingerprint density at radius 3 is 1.00 bits per heavy atom. The highest BCUT2D eigenvalue weighted by atomic mass is 16.3. The standard InChI is InChI=1S/C25H24N2O2.C23H20N2O2.C23H19NO3/c1-12-10-14(3)23(16(5)15(12)4)27-19-11-13(2)22(26)21-20(19)24(28)17-8-6-7-9-18(17)25(21)29;1-12-8-9-17(13(2)10-12)25-18-11-14(3)21(24)20-19(18)22(26)15-6-4-5-7-16(15)23(20)27;1-12-8-9-17(13(2)10-12)24-18-11-14(3)21(25)20-19(18)22(26)15-6-4-5-7-16(15)23(20)27/h6-11,27H,26H2,1-5H3;4-11,25H,24H2,1-3H3;4-11,24-25H,1-3H3. The van der Waals surface area contributed by atoms with Crippen LogP contribution >= 0.6 is 0 Å². The van der Waals surface area contributed by atoms with Gasteiger partial charge in [0, 0.05) is 61.8 Å². The predicted molar refractivity (Wildman–Crippen MR) is 331 cm³/mol. The SMILES string of the molecule is Cc1cc(C)c(Nc2cc(C)c(N)c3c2C(=O)c2ccccc2C3=O)c(C)c1C.Cc1ccc(Nc2cc(C)c(N)c3c2C(=O)c2ccccc2C3=O)c(C)c1.Cc1ccc(Nc2cc(C)c(O)c3c2C(=O)c2ccccc2C3=O)c(C)c1. The number of anilines is 8. The maximum Gasteiger partial charge on any atom is 0.198 e. The molecule has 0 saturated heterocycles. The molecule has 0 aliphatic heterocycles. The van der Waals surface area contributed by atoms with Gasteiger partial charge in [0.05, 0.1) is 50.4 Å². The van der Waals surface area contributed by atoms with Crippen molar-refractivity contribution in [3.8, 4) is 5.75 Å². The van der Waals surface area contributed by atoms with Crippen LogP contribution in [0.2, 0.25) is 0 Å². The zero-order valence-electron chi connectivity index (χ0n) is 48.3. The maximum atomic E-state index is 13.4. The third kappa shape index (κ3) is 9.81. The fourth-order valence-corrected chi connectivity index (χ4v) is 11.4. The largest absolute Gasteiger partial charge is 0.507 e. The van der Waals surface area contributed by atoms with E-state index in [0.717, 1.165) is 61.6 Å². The van der Waals surface area contributed by atoms with E-state index in [9.17, 15) is 33.9 Å². The molecule has 12 rings (SSSR count). The molecule has 0 aromatic heterocycles. The van der Waals surface area contributed by atoms with Gasteiger partial charge in [0.1, 0.15) is 5.75 Å². The normalized spacial score (nSPS) is 12.6. The fraction of sp³-hybridized carbons (Fsp3) is 0.155. The van der Waals surface area contributed by atoms with Crippen molar-refractivity contribution >= 4 is 80.2 Å². The van der Waals surface area contributed by atoms with Crippen molar-refractivity contribution < 1.29 is 33.9 Å². The quantitative estimate of drug-likeness (QED) is 0.0678. The van der Waals surface area contributed by atoms with Gasteiger partial charge in [-0.2, -0.15) is 0 Å². The van der Waals surface area contributed by atoms with Crippen LogP contribution in [-0.4, -0.2) is 39.8 Å². The van der Waals surface area contributed by atoms with E-state index < -0.39 is 0 Å². The second kappa shape index (κ2) is 21.7. The minimum Gasteiger partial charge on any atom is -0.507 e. The van der Waals surface area contributed by atoms with Crippen molar-refractivity contribution in [2.24, 2.45) is 0 Å². The third-order valence-corrected chi connectivity index (χ3v) is 16.2. The summed E-state index contributed by atoms with van der Waals surface area (Å²) in [6.07, 6.45) is 0. The fourth-order valence-electron chi connectivity index (χ4n) is 11.4. The number of ketones is 6. The molecule has 0 atom stereocenters. The summed E-state index contributed by atoms with van der Waals surface area (Å²) < 4.78 is 0. The van der Waals surface area contributed by atoms with Gasteiger partial charge in [-0.3, -0.25) is 28.8 Å². The van der Waals surface area contributed by atoms with Gasteiger partial charge in [-0.05, 0) is 157 Å². The van der Waals surface area contributed by atoms with Gasteiger partial charge in [-0.15, -0.1) is 0 Å². The zero-order valence-corrected chi connectivity index (χ0v) is 48.3. The lowest BCUT2D eigenvalue weighted by Gasteiger charge is -2.25. The minimum atomic E-state index is -0.329. The average molecular weight is 1100 g/mol. The summed E-state index contributed by atoms with van der Waals surface area (Å²) in [5.74, 6) is -1.49. The number of rotatable bonds is 6. The molecule has 9 aromatic carbocycles. The molecule has 0 fully saturated rings. The lowest BCUT2D eigenvalue weighted by molar-refractivity contribution is 0.0977. The second-order valence-corrected chi connectivity index (χ2v) is 21.9. The minimum absolute atomic E-state index is 0.0750. The van der Waals surface area contributed by atoms with Crippen LogP contribution in [0.15, 0.2) is 133 Å². The van der Waals surface area contributed by atoms with Crippen molar-refractivity contribution in [1.29, 1.82) is 0 Å². The molecule has 3 aliphatic rings. The Morgan fingerprint density at radius 2 is 0.627 bits per heavy atom. The Kier molecular flexibility index (Phi) is 14.7. The number of hydrogen-bond acceptors (Lipinski definition) is 12. The zero-order chi connectivity index (χ0) is 59.6. The van der Waals surface area contributed by atoms with Crippen LogP contribution < -0.4 is 27.4 Å². The summed E-state index contributed by atoms with van der Waals surface area (Å²) >= 11 is 0. The number of nitrogen functional groups attached to an aromatic ring is 2. The third-order valence-electron chi connectivity index (χ3n) is 16.2. The topological polar surface area (TPSA) is 211 Å². The Labute approximate surface area is 482 Å². The highest BCUT2D eigenvalue weighted by molar-refractivity contribution is 6.34. The summed E-state index contributed by atoms with van der Waals surface area (Å²) in [5.41, 5.74) is 32.8. The molecule has 83 heavy (non-hydrogen) atoms. The molecule has 0 spiro atoms. The molecule has 0 saturated carbocycles. The number of benzene rings is 9. The van der Waals surface area contributed by atoms with Crippen molar-refractivity contribution in [2.45, 2.75) is 76.2 Å². The van der Waals surface area contributed by atoms with Gasteiger partial charge in [0.2, 0.25) is 0 Å². The number of nitrogens with one attached hydrogen (secondary N) is 3. The van der Waals surface area contributed by atoms with Gasteiger partial charge in [0.15, 0.2) is 34.7 Å². The predicted octanol–water partition coefficient (Wildman–Crippen LogP) is 14.9. The molecule has 3 aliphatic carbocycles. The molecule has 12 nitrogen and oxygen atoms in total. The van der Waals surface area contributed by atoms with Crippen molar-refractivity contribution in [2.75, 3.05) is 27.4 Å². The second-order valence-electron chi connectivity index (χ2n) is 21.9. The summed E-state index contributed by atoms with van der Waals surface area (Å²) in [6.45, 7) is 21.8. The Hall–Kier alpha value is -10.2. The molecule has 0 radical (unpaired) electrons. The molecular formula is C71H63N5O7. The number of carbonyl (C=O) groups is 6. The Bertz CT molecular complexity index is 4180. The van der Waals surface area contributed by atoms with Crippen molar-refractivity contribution in [1.82, 2.24) is 0 Å². The number of phenols is 1. The number of aryl methyl sites for hydroxylation is 9. The van der Waals surface area contributed by atoms with E-state index in [1.165, 1.54) is 11.1 Å². The van der Waals surface area contributed by atoms with Crippen LogP contribution in [0, 0.1) is 76.2 Å². The lowest BCUT2D eigenvalue weighted by atomic mass is 9.81. The average Bonchev–Trinajstić information content (AvgIpc) is 3.45. The number of fused-ring (bicyclic) bond motifs is 6. The summed E-state index contributed by atoms with van der Waals surface area (Å²) in [7, 11) is 0. The Balaban J connectivity index is 0.000000139. The number of nitrogens with two attached hydrogens (primary N) is 2. The van der Waals surface area contributed by atoms with Crippen LogP contribution in [0.25, 0.3) is 0 Å². The molecule has 0 amide bonds. The van der Waals surface area contributed by atoms with Gasteiger partial charge < -0.3 is 32.5 Å². The van der Waals surface area contributed by atoms with E-state index in [2.05, 4.69) is 48.9 Å². The number of aromatic hydroxyl groups is 1. The highest BCUT2D eigenvalue weighted by Gasteiger charge is 2.37. The van der Waals surface area contributed by atoms with E-state index in [1.54, 1.807) is 85.8 Å². The molecule has 414 valence electrons. The smallest absolute Gasteiger partial charge is 0.198 e. The molecular weight excluding hydrogens is 1030 g/mol. The number of hydrogen-bond donors (Lipinski definition) is 6. The maximum absolute atomic E-state index is 13.4. The van der Waals surface area contributed by atoms with E-state index in [1.807, 2.05) is 90.9 Å². The van der Waals surface area contributed by atoms with Crippen molar-refractivity contribution in [3.63, 3.8) is 0 Å². The molecule has 9 aromatic rings. The number of phenolic OH excluding ortho intramolecular Hbond substituents is 1. The monoisotopic (exact) mass is 1100 g/mol. The first-order chi connectivity index (χ1) is 39.5. The molecule has 0 bridgehead atoms. The van der Waals surface area contributed by atoms with Crippen molar-refractivity contribution in [3.05, 3.63) is 261 Å². The van der Waals surface area contributed by atoms with Gasteiger partial charge in [-0.25, -0.2) is 0 Å². The first-order valence-electron chi connectivity index (χ1n) is 27.3. The molecule has 8 N–H and O–H groups in total. The first kappa shape index (κ1) is 56.1. The lowest BCUT2D eigenvalue weighted by Crippen LogP contribution is -2.24. The van der Waals surface area contributed by atoms with Gasteiger partial charge in [-0.1, -0.05) is 114 Å². The summed E-state index contributed by atoms with van der Waals surface area (Å²) in [5, 5.41) is 20.6. The van der Waals surface area contributed by atoms with Crippen LogP contribution in [-0.2, 0) is 0 Å². The summed E-state index contributed by atoms with van der Waals surface area (Å²) in [4.78, 5) is 79.0. The molecule has 12 heteroatoms. The van der Waals surface area contributed by atoms with E-state index in [-0.39, 0.29) is 51.6 Å². The highest BCUT2D eigenvalue weighted by Crippen LogP contribution is 2.43. The van der Waals surface area contributed by atoms with Crippen LogP contribution in [0.3, 0.4) is 0 Å². The van der Waals surface area contributed by atoms with Crippen LogP contribution in [0.1, 0.15) is 157 Å². The Morgan fingerprint density at radius 1 is 0.301 bits per heavy atom. The summed E-state index contributed by atoms with van der Waals surface area (Å²) in [6, 6.07) is 40.1. The first-order valence-corrected chi connectivity index (χ1v) is 27.3. The molecule has 0 heterocycles. The van der Waals surface area contributed by atoms with E-state index in [4.69, 9.17) is 11.5 Å². The molecule has 0 unspecified atom stereocenters. The van der Waals surface area contributed by atoms with Crippen LogP contribution in [0.4, 0.5) is 45.5 Å². The van der Waals surface area contributed by atoms with Gasteiger partial charge >= 0.3 is 0 Å². The van der Waals surface area contributed by atoms with E-state index >= 15 is 0 Å². The number of carbonyl (C=O) groups excluding carboxylic acids is 6.